The smallest absolute Gasteiger partial charge is 0.132 e. The monoisotopic (exact) mass is 384 g/mol. The largest absolute Gasteiger partial charge is 0.351 e. The minimum Gasteiger partial charge on any atom is -0.351 e. The molecular formula is C17H26Cl2N6. The van der Waals surface area contributed by atoms with Crippen LogP contribution in [-0.4, -0.2) is 32.3 Å². The van der Waals surface area contributed by atoms with Crippen LogP contribution in [0.5, 0.6) is 0 Å². The Hall–Kier alpha value is -1.37. The molecule has 2 aromatic heterocycles. The average molecular weight is 385 g/mol. The van der Waals surface area contributed by atoms with Gasteiger partial charge in [0.05, 0.1) is 17.9 Å². The van der Waals surface area contributed by atoms with E-state index in [2.05, 4.69) is 38.7 Å². The maximum Gasteiger partial charge on any atom is 0.132 e. The molecule has 1 aliphatic carbocycles. The molecule has 1 saturated carbocycles. The molecule has 1 fully saturated rings. The van der Waals surface area contributed by atoms with Gasteiger partial charge < -0.3 is 10.6 Å². The summed E-state index contributed by atoms with van der Waals surface area (Å²) in [6.07, 6.45) is 3.17. The van der Waals surface area contributed by atoms with Crippen LogP contribution < -0.4 is 10.6 Å². The quantitative estimate of drug-likeness (QED) is 0.861. The van der Waals surface area contributed by atoms with Crippen LogP contribution in [0, 0.1) is 13.8 Å². The molecule has 4 rings (SSSR count). The lowest BCUT2D eigenvalue weighted by Gasteiger charge is -2.32. The van der Waals surface area contributed by atoms with Crippen LogP contribution in [0.4, 0.5) is 5.82 Å². The first-order chi connectivity index (χ1) is 11.1. The second-order valence-electron chi connectivity index (χ2n) is 6.90. The first kappa shape index (κ1) is 19.9. The van der Waals surface area contributed by atoms with Crippen molar-refractivity contribution >= 4 is 30.6 Å². The summed E-state index contributed by atoms with van der Waals surface area (Å²) in [5, 5.41) is 4.58. The van der Waals surface area contributed by atoms with Gasteiger partial charge in [0.25, 0.3) is 0 Å². The third-order valence-electron chi connectivity index (χ3n) is 4.90. The van der Waals surface area contributed by atoms with Crippen molar-refractivity contribution in [2.45, 2.75) is 58.2 Å². The zero-order valence-corrected chi connectivity index (χ0v) is 16.3. The number of aromatic nitrogens is 4. The summed E-state index contributed by atoms with van der Waals surface area (Å²) in [4.78, 5) is 11.7. The summed E-state index contributed by atoms with van der Waals surface area (Å²) in [6, 6.07) is 4.69. The summed E-state index contributed by atoms with van der Waals surface area (Å²) in [5.41, 5.74) is 9.45. The molecule has 2 aromatic rings. The van der Waals surface area contributed by atoms with Crippen LogP contribution in [0.25, 0.3) is 0 Å². The molecule has 0 bridgehead atoms. The van der Waals surface area contributed by atoms with Gasteiger partial charge in [0.15, 0.2) is 0 Å². The molecule has 0 amide bonds. The molecule has 0 saturated heterocycles. The van der Waals surface area contributed by atoms with E-state index in [-0.39, 0.29) is 24.8 Å². The number of fused-ring (bicyclic) bond motifs is 1. The molecule has 8 heteroatoms. The Morgan fingerprint density at radius 2 is 1.84 bits per heavy atom. The van der Waals surface area contributed by atoms with E-state index in [0.29, 0.717) is 12.0 Å². The van der Waals surface area contributed by atoms with Gasteiger partial charge in [0.1, 0.15) is 11.6 Å². The first-order valence-corrected chi connectivity index (χ1v) is 8.48. The van der Waals surface area contributed by atoms with Crippen molar-refractivity contribution in [3.63, 3.8) is 0 Å². The first-order valence-electron chi connectivity index (χ1n) is 8.48. The van der Waals surface area contributed by atoms with E-state index in [0.717, 1.165) is 61.9 Å². The Kier molecular flexibility index (Phi) is 6.30. The number of hydrogen-bond acceptors (Lipinski definition) is 5. The highest BCUT2D eigenvalue weighted by Crippen LogP contribution is 2.35. The topological polar surface area (TPSA) is 72.9 Å². The summed E-state index contributed by atoms with van der Waals surface area (Å²) in [5.74, 6) is 2.40. The Morgan fingerprint density at radius 3 is 2.56 bits per heavy atom. The van der Waals surface area contributed by atoms with E-state index >= 15 is 0 Å². The van der Waals surface area contributed by atoms with Gasteiger partial charge in [0.2, 0.25) is 0 Å². The van der Waals surface area contributed by atoms with Gasteiger partial charge in [-0.2, -0.15) is 5.10 Å². The minimum absolute atomic E-state index is 0. The van der Waals surface area contributed by atoms with Crippen LogP contribution in [0.15, 0.2) is 12.1 Å². The standard InChI is InChI=1S/C17H24N6.2ClH/c1-11-6-15-10-22(4-3-5-23(15)21-11)17-9-16(19-12(2)20-17)13-7-14(18)8-13;;/h6,9,13-14H,3-5,7-8,10,18H2,1-2H3;2*1H. The predicted molar refractivity (Wildman–Crippen MR) is 104 cm³/mol. The van der Waals surface area contributed by atoms with Crippen molar-refractivity contribution in [3.8, 4) is 0 Å². The maximum absolute atomic E-state index is 5.94. The van der Waals surface area contributed by atoms with Gasteiger partial charge in [-0.3, -0.25) is 4.68 Å². The highest BCUT2D eigenvalue weighted by molar-refractivity contribution is 5.85. The molecule has 6 nitrogen and oxygen atoms in total. The number of aryl methyl sites for hydroxylation is 3. The van der Waals surface area contributed by atoms with Crippen LogP contribution >= 0.6 is 24.8 Å². The number of halogens is 2. The van der Waals surface area contributed by atoms with Crippen molar-refractivity contribution < 1.29 is 0 Å². The SMILES string of the molecule is Cc1cc2n(n1)CCCN(c1cc(C3CC(N)C3)nc(C)n1)C2.Cl.Cl. The Morgan fingerprint density at radius 1 is 1.08 bits per heavy atom. The van der Waals surface area contributed by atoms with Crippen molar-refractivity contribution in [2.24, 2.45) is 5.73 Å². The van der Waals surface area contributed by atoms with E-state index in [1.165, 1.54) is 5.69 Å². The van der Waals surface area contributed by atoms with Crippen LogP contribution in [-0.2, 0) is 13.1 Å². The Labute approximate surface area is 161 Å². The van der Waals surface area contributed by atoms with Crippen LogP contribution in [0.3, 0.4) is 0 Å². The second kappa shape index (κ2) is 7.89. The third kappa shape index (κ3) is 4.07. The van der Waals surface area contributed by atoms with Gasteiger partial charge in [-0.25, -0.2) is 9.97 Å². The summed E-state index contributed by atoms with van der Waals surface area (Å²) < 4.78 is 2.13. The van der Waals surface area contributed by atoms with Gasteiger partial charge in [-0.1, -0.05) is 0 Å². The lowest BCUT2D eigenvalue weighted by molar-refractivity contribution is 0.344. The fourth-order valence-electron chi connectivity index (χ4n) is 3.65. The normalized spacial score (nSPS) is 22.1. The van der Waals surface area contributed by atoms with E-state index in [1.54, 1.807) is 0 Å². The number of rotatable bonds is 2. The average Bonchev–Trinajstić information content (AvgIpc) is 2.70. The molecular weight excluding hydrogens is 359 g/mol. The Balaban J connectivity index is 0.00000113. The highest BCUT2D eigenvalue weighted by Gasteiger charge is 2.29. The molecule has 2 N–H and O–H groups in total. The van der Waals surface area contributed by atoms with Crippen molar-refractivity contribution in [2.75, 3.05) is 11.4 Å². The molecule has 3 heterocycles. The van der Waals surface area contributed by atoms with Crippen molar-refractivity contribution in [1.82, 2.24) is 19.7 Å². The summed E-state index contributed by atoms with van der Waals surface area (Å²) >= 11 is 0. The van der Waals surface area contributed by atoms with E-state index in [9.17, 15) is 0 Å². The lowest BCUT2D eigenvalue weighted by atomic mass is 9.78. The number of hydrogen-bond donors (Lipinski definition) is 1. The van der Waals surface area contributed by atoms with Gasteiger partial charge in [-0.05, 0) is 39.2 Å². The molecule has 25 heavy (non-hydrogen) atoms. The minimum atomic E-state index is 0. The molecule has 0 unspecified atom stereocenters. The Bertz CT molecular complexity index is 726. The molecule has 0 radical (unpaired) electrons. The lowest BCUT2D eigenvalue weighted by Crippen LogP contribution is -2.35. The van der Waals surface area contributed by atoms with Gasteiger partial charge in [0, 0.05) is 36.8 Å². The van der Waals surface area contributed by atoms with Crippen molar-refractivity contribution in [3.05, 3.63) is 35.0 Å². The molecule has 0 spiro atoms. The van der Waals surface area contributed by atoms with E-state index in [1.807, 2.05) is 6.92 Å². The fourth-order valence-corrected chi connectivity index (χ4v) is 3.65. The van der Waals surface area contributed by atoms with Gasteiger partial charge >= 0.3 is 0 Å². The van der Waals surface area contributed by atoms with Gasteiger partial charge in [-0.15, -0.1) is 24.8 Å². The van der Waals surface area contributed by atoms with E-state index in [4.69, 9.17) is 10.7 Å². The summed E-state index contributed by atoms with van der Waals surface area (Å²) in [7, 11) is 0. The molecule has 0 atom stereocenters. The maximum atomic E-state index is 5.94. The fraction of sp³-hybridized carbons (Fsp3) is 0.588. The summed E-state index contributed by atoms with van der Waals surface area (Å²) in [6.45, 7) is 6.88. The second-order valence-corrected chi connectivity index (χ2v) is 6.90. The zero-order chi connectivity index (χ0) is 16.0. The molecule has 0 aromatic carbocycles. The number of nitrogens with two attached hydrogens (primary N) is 1. The van der Waals surface area contributed by atoms with E-state index < -0.39 is 0 Å². The molecule has 138 valence electrons. The van der Waals surface area contributed by atoms with Crippen molar-refractivity contribution in [1.29, 1.82) is 0 Å². The third-order valence-corrected chi connectivity index (χ3v) is 4.90. The zero-order valence-electron chi connectivity index (χ0n) is 14.7. The number of nitrogens with zero attached hydrogens (tertiary/aromatic N) is 5. The number of anilines is 1. The molecule has 2 aliphatic rings. The van der Waals surface area contributed by atoms with Crippen LogP contribution in [0.1, 0.15) is 48.1 Å². The highest BCUT2D eigenvalue weighted by atomic mass is 35.5. The molecule has 1 aliphatic heterocycles. The van der Waals surface area contributed by atoms with Crippen LogP contribution in [0.2, 0.25) is 0 Å². The predicted octanol–water partition coefficient (Wildman–Crippen LogP) is 2.75.